The molecule has 0 radical (unpaired) electrons. The minimum Gasteiger partial charge on any atom is -0.466 e. The number of pyridine rings is 1. The molecule has 0 saturated carbocycles. The lowest BCUT2D eigenvalue weighted by Crippen LogP contribution is -2.41. The Labute approximate surface area is 230 Å². The molecule has 0 spiro atoms. The Bertz CT molecular complexity index is 1350. The molecule has 1 heterocycles. The smallest absolute Gasteiger partial charge is 0.308 e. The van der Waals surface area contributed by atoms with Crippen molar-refractivity contribution in [3.05, 3.63) is 99.5 Å². The monoisotopic (exact) mass is 542 g/mol. The molecule has 0 aliphatic rings. The van der Waals surface area contributed by atoms with Gasteiger partial charge in [-0.05, 0) is 86.6 Å². The molecule has 212 valence electrons. The lowest BCUT2D eigenvalue weighted by molar-refractivity contribution is -0.144. The molecular weight excluding hydrogens is 502 g/mol. The molecule has 2 atom stereocenters. The van der Waals surface area contributed by atoms with Crippen molar-refractivity contribution in [2.75, 3.05) is 6.61 Å². The van der Waals surface area contributed by atoms with Crippen LogP contribution in [0, 0.1) is 24.5 Å². The molecule has 0 fully saturated rings. The Morgan fingerprint density at radius 3 is 2.46 bits per heavy atom. The van der Waals surface area contributed by atoms with Crippen LogP contribution < -0.4 is 10.9 Å². The number of rotatable bonds is 12. The molecule has 0 aliphatic carbocycles. The fraction of sp³-hybridized carbons (Fsp3) is 0.387. The molecule has 39 heavy (non-hydrogen) atoms. The SMILES string of the molecule is C=C/C(C)=C(\C(=C)C)c1cc(C)c(F)c([C@H](CC(=O)OCC)NC(=O)C(CC(C)C)n2cccc(F)c2=O)c1.[HH]. The number of allylic oxidation sites excluding steroid dienone is 4. The normalized spacial score (nSPS) is 13.4. The fourth-order valence-corrected chi connectivity index (χ4v) is 4.52. The van der Waals surface area contributed by atoms with Crippen LogP contribution in [0.3, 0.4) is 0 Å². The van der Waals surface area contributed by atoms with Gasteiger partial charge in [-0.2, -0.15) is 0 Å². The van der Waals surface area contributed by atoms with Gasteiger partial charge in [0.05, 0.1) is 19.1 Å². The van der Waals surface area contributed by atoms with Crippen molar-refractivity contribution < 1.29 is 24.5 Å². The maximum atomic E-state index is 15.7. The highest BCUT2D eigenvalue weighted by molar-refractivity contribution is 5.84. The van der Waals surface area contributed by atoms with E-state index in [1.807, 2.05) is 27.7 Å². The summed E-state index contributed by atoms with van der Waals surface area (Å²) in [6.45, 7) is 18.6. The minimum absolute atomic E-state index is 0. The third kappa shape index (κ3) is 7.85. The summed E-state index contributed by atoms with van der Waals surface area (Å²) in [7, 11) is 0. The number of halogens is 2. The zero-order valence-electron chi connectivity index (χ0n) is 23.6. The number of aromatic nitrogens is 1. The standard InChI is InChI=1S/C31H38F2N2O4.H2/c1-9-20(7)28(19(5)6)22-15-21(8)29(33)23(16-22)25(17-27(36)39-10-2)34-30(37)26(14-18(3)4)35-13-11-12-24(32)31(35)38;/h9,11-13,15-16,18,25-26H,1,5,10,14,17H2,2-4,6-8H3,(H,34,37);1H/b28-20+;/t25-,26?;/m0./s1. The van der Waals surface area contributed by atoms with Crippen molar-refractivity contribution in [3.8, 4) is 0 Å². The Morgan fingerprint density at radius 1 is 1.23 bits per heavy atom. The largest absolute Gasteiger partial charge is 0.466 e. The summed E-state index contributed by atoms with van der Waals surface area (Å²) >= 11 is 0. The second kappa shape index (κ2) is 13.8. The van der Waals surface area contributed by atoms with Gasteiger partial charge in [0, 0.05) is 13.2 Å². The van der Waals surface area contributed by atoms with Crippen LogP contribution in [0.25, 0.3) is 5.57 Å². The number of hydrogen-bond acceptors (Lipinski definition) is 4. The number of carbonyl (C=O) groups is 2. The number of nitrogens with one attached hydrogen (secondary N) is 1. The van der Waals surface area contributed by atoms with Crippen molar-refractivity contribution in [2.24, 2.45) is 5.92 Å². The van der Waals surface area contributed by atoms with Gasteiger partial charge in [-0.1, -0.05) is 38.7 Å². The van der Waals surface area contributed by atoms with Crippen LogP contribution in [-0.2, 0) is 14.3 Å². The Hall–Kier alpha value is -3.81. The van der Waals surface area contributed by atoms with Gasteiger partial charge in [-0.15, -0.1) is 0 Å². The fourth-order valence-electron chi connectivity index (χ4n) is 4.52. The van der Waals surface area contributed by atoms with E-state index in [9.17, 15) is 18.8 Å². The zero-order valence-corrected chi connectivity index (χ0v) is 23.6. The maximum Gasteiger partial charge on any atom is 0.308 e. The molecule has 2 aromatic rings. The third-order valence-electron chi connectivity index (χ3n) is 6.33. The molecule has 6 nitrogen and oxygen atoms in total. The van der Waals surface area contributed by atoms with E-state index in [0.29, 0.717) is 11.1 Å². The van der Waals surface area contributed by atoms with Gasteiger partial charge in [0.15, 0.2) is 5.82 Å². The highest BCUT2D eigenvalue weighted by Gasteiger charge is 2.30. The maximum absolute atomic E-state index is 15.7. The van der Waals surface area contributed by atoms with Crippen molar-refractivity contribution in [1.29, 1.82) is 0 Å². The number of hydrogen-bond donors (Lipinski definition) is 1. The van der Waals surface area contributed by atoms with E-state index in [1.54, 1.807) is 32.1 Å². The average molecular weight is 543 g/mol. The van der Waals surface area contributed by atoms with Crippen molar-refractivity contribution in [3.63, 3.8) is 0 Å². The van der Waals surface area contributed by atoms with Crippen LogP contribution in [0.15, 0.2) is 65.6 Å². The molecule has 1 unspecified atom stereocenters. The second-order valence-electron chi connectivity index (χ2n) is 10.0. The number of amides is 1. The van der Waals surface area contributed by atoms with Crippen LogP contribution in [0.2, 0.25) is 0 Å². The van der Waals surface area contributed by atoms with Crippen LogP contribution in [0.5, 0.6) is 0 Å². The van der Waals surface area contributed by atoms with Gasteiger partial charge < -0.3 is 14.6 Å². The van der Waals surface area contributed by atoms with Gasteiger partial charge in [0.25, 0.3) is 5.56 Å². The summed E-state index contributed by atoms with van der Waals surface area (Å²) in [4.78, 5) is 38.7. The van der Waals surface area contributed by atoms with E-state index in [1.165, 1.54) is 12.3 Å². The molecule has 8 heteroatoms. The van der Waals surface area contributed by atoms with E-state index in [0.717, 1.165) is 27.4 Å². The van der Waals surface area contributed by atoms with Gasteiger partial charge in [0.1, 0.15) is 11.9 Å². The minimum atomic E-state index is -1.12. The van der Waals surface area contributed by atoms with E-state index >= 15 is 4.39 Å². The van der Waals surface area contributed by atoms with E-state index in [4.69, 9.17) is 4.74 Å². The van der Waals surface area contributed by atoms with Gasteiger partial charge in [0.2, 0.25) is 5.91 Å². The summed E-state index contributed by atoms with van der Waals surface area (Å²) in [5.41, 5.74) is 2.42. The quantitative estimate of drug-likeness (QED) is 0.242. The van der Waals surface area contributed by atoms with Crippen LogP contribution >= 0.6 is 0 Å². The summed E-state index contributed by atoms with van der Waals surface area (Å²) in [5, 5.41) is 2.76. The molecule has 0 saturated heterocycles. The van der Waals surface area contributed by atoms with E-state index < -0.39 is 41.2 Å². The average Bonchev–Trinajstić information content (AvgIpc) is 2.85. The first-order chi connectivity index (χ1) is 18.3. The van der Waals surface area contributed by atoms with Crippen LogP contribution in [0.4, 0.5) is 8.78 Å². The van der Waals surface area contributed by atoms with Crippen LogP contribution in [-0.4, -0.2) is 23.1 Å². The third-order valence-corrected chi connectivity index (χ3v) is 6.33. The first kappa shape index (κ1) is 31.4. The van der Waals surface area contributed by atoms with Crippen LogP contribution in [0.1, 0.15) is 77.7 Å². The molecular formula is C31H40F2N2O4. The van der Waals surface area contributed by atoms with Gasteiger partial charge >= 0.3 is 5.97 Å². The first-order valence-corrected chi connectivity index (χ1v) is 12.9. The highest BCUT2D eigenvalue weighted by atomic mass is 19.1. The summed E-state index contributed by atoms with van der Waals surface area (Å²) < 4.78 is 35.9. The predicted octanol–water partition coefficient (Wildman–Crippen LogP) is 6.61. The molecule has 1 amide bonds. The molecule has 1 aromatic carbocycles. The zero-order chi connectivity index (χ0) is 29.4. The molecule has 1 aromatic heterocycles. The number of benzene rings is 1. The van der Waals surface area contributed by atoms with Gasteiger partial charge in [-0.3, -0.25) is 14.4 Å². The predicted molar refractivity (Wildman–Crippen MR) is 152 cm³/mol. The summed E-state index contributed by atoms with van der Waals surface area (Å²) in [5.74, 6) is -2.90. The lowest BCUT2D eigenvalue weighted by Gasteiger charge is -2.26. The number of esters is 1. The number of ether oxygens (including phenoxy) is 1. The highest BCUT2D eigenvalue weighted by Crippen LogP contribution is 2.33. The topological polar surface area (TPSA) is 77.4 Å². The Balaban J connectivity index is 0.00000800. The van der Waals surface area contributed by atoms with Crippen molar-refractivity contribution in [2.45, 2.75) is 66.5 Å². The summed E-state index contributed by atoms with van der Waals surface area (Å²) in [6, 6.07) is 3.41. The first-order valence-electron chi connectivity index (χ1n) is 12.9. The second-order valence-corrected chi connectivity index (χ2v) is 10.0. The Kier molecular flexibility index (Phi) is 11.1. The number of carbonyl (C=O) groups excluding carboxylic acids is 2. The molecule has 0 bridgehead atoms. The van der Waals surface area contributed by atoms with Crippen molar-refractivity contribution >= 4 is 17.4 Å². The number of aryl methyl sites for hydroxylation is 1. The molecule has 2 rings (SSSR count). The van der Waals surface area contributed by atoms with Crippen molar-refractivity contribution in [1.82, 2.24) is 9.88 Å². The summed E-state index contributed by atoms with van der Waals surface area (Å²) in [6.07, 6.45) is 2.88. The lowest BCUT2D eigenvalue weighted by atomic mass is 9.89. The molecule has 0 aliphatic heterocycles. The van der Waals surface area contributed by atoms with Gasteiger partial charge in [-0.25, -0.2) is 8.78 Å². The number of nitrogens with zero attached hydrogens (tertiary/aromatic N) is 1. The van der Waals surface area contributed by atoms with E-state index in [2.05, 4.69) is 18.5 Å². The Morgan fingerprint density at radius 2 is 1.90 bits per heavy atom. The van der Waals surface area contributed by atoms with E-state index in [-0.39, 0.29) is 32.4 Å². The molecule has 1 N–H and O–H groups in total.